The zero-order chi connectivity index (χ0) is 19.5. The maximum Gasteiger partial charge on any atom is 0.136 e. The first-order chi connectivity index (χ1) is 12.1. The van der Waals surface area contributed by atoms with Gasteiger partial charge in [0.1, 0.15) is 11.6 Å². The summed E-state index contributed by atoms with van der Waals surface area (Å²) in [6, 6.07) is 0. The Labute approximate surface area is 163 Å². The number of hydrogen-bond acceptors (Lipinski definition) is 2. The Kier molecular flexibility index (Phi) is 5.25. The number of hydrogen-bond donors (Lipinski definition) is 2. The van der Waals surface area contributed by atoms with Gasteiger partial charge in [-0.2, -0.15) is 0 Å². The quantitative estimate of drug-likeness (QED) is 0.421. The number of thiol groups is 1. The van der Waals surface area contributed by atoms with E-state index in [1.807, 2.05) is 13.8 Å². The van der Waals surface area contributed by atoms with Crippen LogP contribution in [0.3, 0.4) is 0 Å². The molecule has 0 heterocycles. The minimum Gasteiger partial charge on any atom is -0.398 e. The van der Waals surface area contributed by atoms with Crippen LogP contribution in [-0.4, -0.2) is 0 Å². The van der Waals surface area contributed by atoms with Crippen molar-refractivity contribution in [1.82, 2.24) is 0 Å². The van der Waals surface area contributed by atoms with Crippen molar-refractivity contribution in [3.63, 3.8) is 0 Å². The van der Waals surface area contributed by atoms with Crippen LogP contribution in [-0.2, 0) is 0 Å². The second-order valence-electron chi connectivity index (χ2n) is 6.95. The number of anilines is 1. The molecule has 0 aromatic heterocycles. The summed E-state index contributed by atoms with van der Waals surface area (Å²) < 4.78 is 30.6. The molecule has 0 saturated heterocycles. The van der Waals surface area contributed by atoms with E-state index >= 15 is 8.78 Å². The molecule has 1 fully saturated rings. The summed E-state index contributed by atoms with van der Waals surface area (Å²) in [5.74, 6) is -0.706. The molecule has 3 rings (SSSR count). The summed E-state index contributed by atoms with van der Waals surface area (Å²) in [5, 5.41) is 1.60. The molecule has 0 spiro atoms. The highest BCUT2D eigenvalue weighted by molar-refractivity contribution is 7.81. The third-order valence-corrected chi connectivity index (χ3v) is 7.56. The molecule has 2 N–H and O–H groups in total. The van der Waals surface area contributed by atoms with Gasteiger partial charge < -0.3 is 5.73 Å². The van der Waals surface area contributed by atoms with Crippen molar-refractivity contribution in [2.75, 3.05) is 5.73 Å². The van der Waals surface area contributed by atoms with Crippen molar-refractivity contribution in [2.45, 2.75) is 45.4 Å². The Morgan fingerprint density at radius 3 is 1.92 bits per heavy atom. The van der Waals surface area contributed by atoms with Gasteiger partial charge in [-0.05, 0) is 73.4 Å². The van der Waals surface area contributed by atoms with Gasteiger partial charge in [-0.1, -0.05) is 5.57 Å². The van der Waals surface area contributed by atoms with Gasteiger partial charge in [-0.3, -0.25) is 0 Å². The van der Waals surface area contributed by atoms with Gasteiger partial charge >= 0.3 is 0 Å². The lowest BCUT2D eigenvalue weighted by Crippen LogP contribution is -2.16. The van der Waals surface area contributed by atoms with Crippen LogP contribution in [0.2, 0.25) is 0 Å². The highest BCUT2D eigenvalue weighted by Gasteiger charge is 2.30. The summed E-state index contributed by atoms with van der Waals surface area (Å²) in [7, 11) is 5.23. The molecule has 2 aromatic rings. The van der Waals surface area contributed by atoms with Crippen molar-refractivity contribution >= 4 is 53.0 Å². The number of halogens is 2. The third kappa shape index (κ3) is 2.91. The first-order valence-corrected chi connectivity index (χ1v) is 10.0. The molecule has 0 amide bonds. The van der Waals surface area contributed by atoms with Gasteiger partial charge in [0.15, 0.2) is 0 Å². The van der Waals surface area contributed by atoms with Crippen LogP contribution in [0.4, 0.5) is 14.5 Å². The highest BCUT2D eigenvalue weighted by atomic mass is 32.1. The molecule has 0 aliphatic heterocycles. The summed E-state index contributed by atoms with van der Waals surface area (Å²) >= 11 is 4.60. The van der Waals surface area contributed by atoms with Gasteiger partial charge in [-0.25, -0.2) is 8.78 Å². The summed E-state index contributed by atoms with van der Waals surface area (Å²) in [4.78, 5) is 0.545. The number of rotatable bonds is 2. The van der Waals surface area contributed by atoms with E-state index in [2.05, 4.69) is 31.1 Å². The molecule has 1 aliphatic carbocycles. The van der Waals surface area contributed by atoms with E-state index < -0.39 is 0 Å². The molecular formula is C20H23F2NP2S. The predicted octanol–water partition coefficient (Wildman–Crippen LogP) is 4.67. The first-order valence-electron chi connectivity index (χ1n) is 8.42. The Balaban J connectivity index is 2.45. The SMILES string of the molecule is Cc1c(N)c(P)c(C)c(C(=C2CC2)c2c(F)c(C)c(C)c(P)c2S)c1F. The second kappa shape index (κ2) is 6.89. The van der Waals surface area contributed by atoms with Gasteiger partial charge in [0.25, 0.3) is 0 Å². The Morgan fingerprint density at radius 2 is 1.38 bits per heavy atom. The molecule has 1 aliphatic rings. The van der Waals surface area contributed by atoms with E-state index in [4.69, 9.17) is 5.73 Å². The van der Waals surface area contributed by atoms with Crippen molar-refractivity contribution in [2.24, 2.45) is 0 Å². The van der Waals surface area contributed by atoms with E-state index in [9.17, 15) is 0 Å². The average Bonchev–Trinajstić information content (AvgIpc) is 3.45. The molecule has 138 valence electrons. The van der Waals surface area contributed by atoms with Gasteiger partial charge in [0, 0.05) is 27.3 Å². The van der Waals surface area contributed by atoms with Gasteiger partial charge in [-0.15, -0.1) is 31.1 Å². The topological polar surface area (TPSA) is 26.0 Å². The number of nitrogens with two attached hydrogens (primary N) is 1. The smallest absolute Gasteiger partial charge is 0.136 e. The zero-order valence-electron chi connectivity index (χ0n) is 15.3. The standard InChI is InChI=1S/C20H23F2NP2S/c1-7-8(2)19(25)20(26)14(15(7)21)13(11-5-6-11)12-9(3)18(24)17(23)10(4)16(12)22/h26H,5-6,23-25H2,1-4H3. The minimum absolute atomic E-state index is 0.327. The van der Waals surface area contributed by atoms with Gasteiger partial charge in [0.05, 0.1) is 0 Å². The monoisotopic (exact) mass is 409 g/mol. The van der Waals surface area contributed by atoms with Crippen LogP contribution in [0.25, 0.3) is 5.57 Å². The molecule has 1 nitrogen and oxygen atoms in total. The fraction of sp³-hybridized carbons (Fsp3) is 0.300. The molecule has 2 aromatic carbocycles. The van der Waals surface area contributed by atoms with Gasteiger partial charge in [0.2, 0.25) is 0 Å². The molecule has 2 atom stereocenters. The lowest BCUT2D eigenvalue weighted by molar-refractivity contribution is 0.605. The molecule has 26 heavy (non-hydrogen) atoms. The average molecular weight is 409 g/mol. The highest BCUT2D eigenvalue weighted by Crippen LogP contribution is 2.46. The van der Waals surface area contributed by atoms with Crippen LogP contribution in [0, 0.1) is 39.3 Å². The summed E-state index contributed by atoms with van der Waals surface area (Å²) in [5.41, 5.74) is 11.5. The molecule has 1 saturated carbocycles. The maximum atomic E-state index is 15.3. The van der Waals surface area contributed by atoms with Crippen LogP contribution in [0.1, 0.15) is 46.2 Å². The minimum atomic E-state index is -0.378. The molecular weight excluding hydrogens is 386 g/mol. The largest absolute Gasteiger partial charge is 0.398 e. The zero-order valence-corrected chi connectivity index (χ0v) is 18.6. The molecule has 0 radical (unpaired) electrons. The lowest BCUT2D eigenvalue weighted by Gasteiger charge is -2.22. The molecule has 0 bridgehead atoms. The van der Waals surface area contributed by atoms with Crippen LogP contribution in [0.5, 0.6) is 0 Å². The van der Waals surface area contributed by atoms with E-state index in [0.29, 0.717) is 38.4 Å². The van der Waals surface area contributed by atoms with Crippen LogP contribution in [0.15, 0.2) is 10.5 Å². The lowest BCUT2D eigenvalue weighted by atomic mass is 9.88. The maximum absolute atomic E-state index is 15.3. The Morgan fingerprint density at radius 1 is 0.846 bits per heavy atom. The normalized spacial score (nSPS) is 13.3. The van der Waals surface area contributed by atoms with Crippen molar-refractivity contribution in [3.8, 4) is 0 Å². The van der Waals surface area contributed by atoms with Crippen LogP contribution >= 0.6 is 31.1 Å². The Hall–Kier alpha value is -0.950. The van der Waals surface area contributed by atoms with Crippen molar-refractivity contribution in [1.29, 1.82) is 0 Å². The van der Waals surface area contributed by atoms with E-state index in [-0.39, 0.29) is 11.6 Å². The fourth-order valence-electron chi connectivity index (χ4n) is 3.30. The van der Waals surface area contributed by atoms with Crippen molar-refractivity contribution < 1.29 is 8.78 Å². The summed E-state index contributed by atoms with van der Waals surface area (Å²) in [6.45, 7) is 7.12. The van der Waals surface area contributed by atoms with Crippen molar-refractivity contribution in [3.05, 3.63) is 50.6 Å². The van der Waals surface area contributed by atoms with E-state index in [0.717, 1.165) is 40.2 Å². The first kappa shape index (κ1) is 19.8. The number of nitrogen functional groups attached to an aromatic ring is 1. The number of allylic oxidation sites excluding steroid dienone is 1. The second-order valence-corrected chi connectivity index (χ2v) is 8.55. The molecule has 6 heteroatoms. The van der Waals surface area contributed by atoms with E-state index in [1.165, 1.54) is 0 Å². The Bertz CT molecular complexity index is 861. The third-order valence-electron chi connectivity index (χ3n) is 5.38. The molecule has 2 unspecified atom stereocenters. The number of benzene rings is 2. The van der Waals surface area contributed by atoms with Crippen LogP contribution < -0.4 is 16.3 Å². The fourth-order valence-corrected chi connectivity index (χ4v) is 4.40. The predicted molar refractivity (Wildman–Crippen MR) is 117 cm³/mol. The summed E-state index contributed by atoms with van der Waals surface area (Å²) in [6.07, 6.45) is 1.69. The van der Waals surface area contributed by atoms with E-state index in [1.54, 1.807) is 13.8 Å².